The van der Waals surface area contributed by atoms with E-state index in [2.05, 4.69) is 26.0 Å². The van der Waals surface area contributed by atoms with Crippen molar-refractivity contribution in [1.29, 1.82) is 0 Å². The van der Waals surface area contributed by atoms with E-state index in [9.17, 15) is 0 Å². The molecular formula is C9H17N7O. The first-order valence-corrected chi connectivity index (χ1v) is 5.57. The van der Waals surface area contributed by atoms with E-state index in [0.29, 0.717) is 12.3 Å². The fourth-order valence-corrected chi connectivity index (χ4v) is 1.61. The molecule has 1 fully saturated rings. The molecular weight excluding hydrogens is 222 g/mol. The lowest BCUT2D eigenvalue weighted by Gasteiger charge is -2.23. The molecule has 2 aliphatic rings. The van der Waals surface area contributed by atoms with E-state index in [1.54, 1.807) is 0 Å². The first-order chi connectivity index (χ1) is 8.27. The summed E-state index contributed by atoms with van der Waals surface area (Å²) in [6, 6.07) is 0. The number of ether oxygens (including phenoxy) is 1. The molecule has 1 unspecified atom stereocenters. The summed E-state index contributed by atoms with van der Waals surface area (Å²) in [5.41, 5.74) is 14.4. The SMILES string of the molecule is NC1=NN=C(N)C1=NNCCC1CNCCO1. The molecule has 8 nitrogen and oxygen atoms in total. The average Bonchev–Trinajstić information content (AvgIpc) is 2.67. The van der Waals surface area contributed by atoms with Crippen LogP contribution in [0.2, 0.25) is 0 Å². The maximum absolute atomic E-state index is 5.54. The molecule has 8 heteroatoms. The van der Waals surface area contributed by atoms with Crippen LogP contribution < -0.4 is 22.2 Å². The van der Waals surface area contributed by atoms with Crippen LogP contribution in [0.3, 0.4) is 0 Å². The van der Waals surface area contributed by atoms with E-state index < -0.39 is 0 Å². The van der Waals surface area contributed by atoms with Crippen LogP contribution >= 0.6 is 0 Å². The minimum Gasteiger partial charge on any atom is -0.380 e. The summed E-state index contributed by atoms with van der Waals surface area (Å²) in [6.45, 7) is 3.26. The maximum Gasteiger partial charge on any atom is 0.177 e. The van der Waals surface area contributed by atoms with E-state index in [1.165, 1.54) is 0 Å². The fourth-order valence-electron chi connectivity index (χ4n) is 1.61. The first kappa shape index (κ1) is 11.8. The molecule has 0 saturated carbocycles. The van der Waals surface area contributed by atoms with E-state index in [-0.39, 0.29) is 17.8 Å². The second-order valence-corrected chi connectivity index (χ2v) is 3.82. The Kier molecular flexibility index (Phi) is 3.89. The highest BCUT2D eigenvalue weighted by Gasteiger charge is 2.16. The van der Waals surface area contributed by atoms with Gasteiger partial charge in [0.1, 0.15) is 0 Å². The summed E-state index contributed by atoms with van der Waals surface area (Å²) in [4.78, 5) is 0. The summed E-state index contributed by atoms with van der Waals surface area (Å²) in [7, 11) is 0. The number of hydrogen-bond acceptors (Lipinski definition) is 8. The number of nitrogens with zero attached hydrogens (tertiary/aromatic N) is 3. The van der Waals surface area contributed by atoms with Gasteiger partial charge in [0.2, 0.25) is 0 Å². The fraction of sp³-hybridized carbons (Fsp3) is 0.667. The Hall–Kier alpha value is -1.67. The van der Waals surface area contributed by atoms with E-state index in [4.69, 9.17) is 16.2 Å². The van der Waals surface area contributed by atoms with Gasteiger partial charge in [0.05, 0.1) is 12.7 Å². The summed E-state index contributed by atoms with van der Waals surface area (Å²) in [5, 5.41) is 14.6. The Labute approximate surface area is 99.2 Å². The van der Waals surface area contributed by atoms with Crippen LogP contribution in [0, 0.1) is 0 Å². The predicted octanol–water partition coefficient (Wildman–Crippen LogP) is -2.05. The van der Waals surface area contributed by atoms with Gasteiger partial charge in [-0.3, -0.25) is 0 Å². The zero-order valence-electron chi connectivity index (χ0n) is 9.52. The van der Waals surface area contributed by atoms with Gasteiger partial charge in [-0.2, -0.15) is 5.10 Å². The lowest BCUT2D eigenvalue weighted by molar-refractivity contribution is 0.0239. The van der Waals surface area contributed by atoms with E-state index in [0.717, 1.165) is 26.1 Å². The molecule has 0 amide bonds. The molecule has 2 aliphatic heterocycles. The summed E-state index contributed by atoms with van der Waals surface area (Å²) >= 11 is 0. The van der Waals surface area contributed by atoms with Crippen molar-refractivity contribution in [2.75, 3.05) is 26.2 Å². The smallest absolute Gasteiger partial charge is 0.177 e. The third-order valence-electron chi connectivity index (χ3n) is 2.52. The highest BCUT2D eigenvalue weighted by atomic mass is 16.5. The van der Waals surface area contributed by atoms with Crippen LogP contribution in [-0.2, 0) is 4.74 Å². The van der Waals surface area contributed by atoms with E-state index in [1.807, 2.05) is 0 Å². The highest BCUT2D eigenvalue weighted by Crippen LogP contribution is 2.00. The Morgan fingerprint density at radius 1 is 1.41 bits per heavy atom. The maximum atomic E-state index is 5.54. The number of hydrazone groups is 1. The number of morpholine rings is 1. The molecule has 94 valence electrons. The van der Waals surface area contributed by atoms with Gasteiger partial charge < -0.3 is 26.9 Å². The van der Waals surface area contributed by atoms with Crippen LogP contribution in [0.4, 0.5) is 0 Å². The molecule has 0 aromatic rings. The Bertz CT molecular complexity index is 336. The molecule has 0 spiro atoms. The average molecular weight is 239 g/mol. The molecule has 0 radical (unpaired) electrons. The topological polar surface area (TPSA) is 122 Å². The summed E-state index contributed by atoms with van der Waals surface area (Å²) < 4.78 is 5.54. The summed E-state index contributed by atoms with van der Waals surface area (Å²) in [6.07, 6.45) is 1.11. The Morgan fingerprint density at radius 3 is 2.82 bits per heavy atom. The van der Waals surface area contributed by atoms with Gasteiger partial charge in [-0.05, 0) is 6.42 Å². The van der Waals surface area contributed by atoms with Crippen molar-refractivity contribution in [1.82, 2.24) is 10.7 Å². The lowest BCUT2D eigenvalue weighted by atomic mass is 10.2. The monoisotopic (exact) mass is 239 g/mol. The predicted molar refractivity (Wildman–Crippen MR) is 65.9 cm³/mol. The standard InChI is InChI=1S/C9H17N7O/c10-8-7(9(11)16-15-8)14-13-2-1-6-5-12-3-4-17-6/h6,12-13H,1-5H2,(H4,10,11,14,15,16). The van der Waals surface area contributed by atoms with Crippen molar-refractivity contribution < 1.29 is 4.74 Å². The van der Waals surface area contributed by atoms with Crippen LogP contribution in [0.25, 0.3) is 0 Å². The minimum absolute atomic E-state index is 0.233. The normalized spacial score (nSPS) is 24.2. The Morgan fingerprint density at radius 2 is 2.18 bits per heavy atom. The number of amidine groups is 2. The second kappa shape index (κ2) is 5.60. The quantitative estimate of drug-likeness (QED) is 0.332. The number of nitrogens with one attached hydrogen (secondary N) is 2. The zero-order valence-corrected chi connectivity index (χ0v) is 9.52. The lowest BCUT2D eigenvalue weighted by Crippen LogP contribution is -2.40. The molecule has 0 aliphatic carbocycles. The van der Waals surface area contributed by atoms with Crippen molar-refractivity contribution in [2.45, 2.75) is 12.5 Å². The van der Waals surface area contributed by atoms with Crippen LogP contribution in [0.15, 0.2) is 15.3 Å². The first-order valence-electron chi connectivity index (χ1n) is 5.57. The van der Waals surface area contributed by atoms with Gasteiger partial charge in [-0.15, -0.1) is 10.2 Å². The molecule has 0 aromatic heterocycles. The van der Waals surface area contributed by atoms with Gasteiger partial charge >= 0.3 is 0 Å². The summed E-state index contributed by atoms with van der Waals surface area (Å²) in [5.74, 6) is 0.483. The van der Waals surface area contributed by atoms with Crippen molar-refractivity contribution in [2.24, 2.45) is 26.8 Å². The van der Waals surface area contributed by atoms with Gasteiger partial charge in [0.15, 0.2) is 17.4 Å². The molecule has 1 saturated heterocycles. The molecule has 2 rings (SSSR count). The van der Waals surface area contributed by atoms with Crippen molar-refractivity contribution in [3.05, 3.63) is 0 Å². The third kappa shape index (κ3) is 3.14. The molecule has 0 aromatic carbocycles. The van der Waals surface area contributed by atoms with Crippen molar-refractivity contribution >= 4 is 17.4 Å². The van der Waals surface area contributed by atoms with Gasteiger partial charge in [-0.1, -0.05) is 0 Å². The van der Waals surface area contributed by atoms with Crippen molar-refractivity contribution in [3.63, 3.8) is 0 Å². The van der Waals surface area contributed by atoms with Gasteiger partial charge in [-0.25, -0.2) is 0 Å². The van der Waals surface area contributed by atoms with Gasteiger partial charge in [0.25, 0.3) is 0 Å². The molecule has 1 atom stereocenters. The third-order valence-corrected chi connectivity index (χ3v) is 2.52. The number of nitrogens with two attached hydrogens (primary N) is 2. The Balaban J connectivity index is 1.70. The second-order valence-electron chi connectivity index (χ2n) is 3.82. The molecule has 17 heavy (non-hydrogen) atoms. The molecule has 0 bridgehead atoms. The van der Waals surface area contributed by atoms with Crippen LogP contribution in [0.1, 0.15) is 6.42 Å². The minimum atomic E-state index is 0.233. The highest BCUT2D eigenvalue weighted by molar-refractivity contribution is 6.68. The van der Waals surface area contributed by atoms with Crippen LogP contribution in [-0.4, -0.2) is 49.7 Å². The van der Waals surface area contributed by atoms with Crippen LogP contribution in [0.5, 0.6) is 0 Å². The number of rotatable bonds is 4. The van der Waals surface area contributed by atoms with Gasteiger partial charge in [0, 0.05) is 19.6 Å². The van der Waals surface area contributed by atoms with E-state index >= 15 is 0 Å². The zero-order chi connectivity index (χ0) is 12.1. The molecule has 6 N–H and O–H groups in total. The molecule has 2 heterocycles. The largest absolute Gasteiger partial charge is 0.380 e. The van der Waals surface area contributed by atoms with Crippen molar-refractivity contribution in [3.8, 4) is 0 Å². The number of hydrogen-bond donors (Lipinski definition) is 4.